The molecule has 1 aromatic heterocycles. The summed E-state index contributed by atoms with van der Waals surface area (Å²) in [6.45, 7) is 2.66. The summed E-state index contributed by atoms with van der Waals surface area (Å²) in [5.41, 5.74) is 0.171. The van der Waals surface area contributed by atoms with Gasteiger partial charge in [-0.1, -0.05) is 6.92 Å². The van der Waals surface area contributed by atoms with Crippen molar-refractivity contribution in [1.82, 2.24) is 0 Å². The van der Waals surface area contributed by atoms with Gasteiger partial charge in [-0.3, -0.25) is 4.79 Å². The third-order valence-corrected chi connectivity index (χ3v) is 4.50. The molecule has 1 amide bonds. The second kappa shape index (κ2) is 6.85. The zero-order chi connectivity index (χ0) is 14.5. The Bertz CT molecular complexity index is 491. The number of anilines is 1. The van der Waals surface area contributed by atoms with Crippen molar-refractivity contribution in [1.29, 1.82) is 0 Å². The van der Waals surface area contributed by atoms with Gasteiger partial charge < -0.3 is 15.2 Å². The minimum absolute atomic E-state index is 0.0392. The van der Waals surface area contributed by atoms with Gasteiger partial charge in [0.2, 0.25) is 5.91 Å². The molecule has 1 aliphatic rings. The number of carboxylic acid groups (broad SMARTS) is 1. The van der Waals surface area contributed by atoms with Crippen molar-refractivity contribution in [2.24, 2.45) is 0 Å². The monoisotopic (exact) mass is 297 g/mol. The summed E-state index contributed by atoms with van der Waals surface area (Å²) in [6, 6.07) is 1.62. The summed E-state index contributed by atoms with van der Waals surface area (Å²) in [6.07, 6.45) is 4.03. The van der Waals surface area contributed by atoms with E-state index in [2.05, 4.69) is 5.32 Å². The molecule has 0 aromatic carbocycles. The molecule has 1 unspecified atom stereocenters. The predicted octanol–water partition coefficient (Wildman–Crippen LogP) is 2.91. The highest BCUT2D eigenvalue weighted by molar-refractivity contribution is 7.16. The summed E-state index contributed by atoms with van der Waals surface area (Å²) in [7, 11) is 0. The Hall–Kier alpha value is -1.40. The minimum atomic E-state index is -1.01. The standard InChI is InChI=1S/C14H19NO4S/c1-2-10-8-11(14(17)18)13(20-10)15-12(16)7-9-5-3-4-6-19-9/h8-9H,2-7H2,1H3,(H,15,16)(H,17,18). The molecule has 2 N–H and O–H groups in total. The van der Waals surface area contributed by atoms with Crippen molar-refractivity contribution >= 4 is 28.2 Å². The maximum Gasteiger partial charge on any atom is 0.338 e. The molecular weight excluding hydrogens is 278 g/mol. The van der Waals surface area contributed by atoms with Gasteiger partial charge in [-0.05, 0) is 31.7 Å². The van der Waals surface area contributed by atoms with E-state index in [9.17, 15) is 9.59 Å². The first-order chi connectivity index (χ1) is 9.60. The fraction of sp³-hybridized carbons (Fsp3) is 0.571. The predicted molar refractivity (Wildman–Crippen MR) is 77.5 cm³/mol. The van der Waals surface area contributed by atoms with Crippen LogP contribution in [0.5, 0.6) is 0 Å². The number of carbonyl (C=O) groups excluding carboxylic acids is 1. The average Bonchev–Trinajstić information content (AvgIpc) is 2.83. The van der Waals surface area contributed by atoms with E-state index in [0.717, 1.165) is 30.6 Å². The largest absolute Gasteiger partial charge is 0.478 e. The first kappa shape index (κ1) is 15.0. The number of ether oxygens (including phenoxy) is 1. The maximum atomic E-state index is 12.0. The van der Waals surface area contributed by atoms with Crippen LogP contribution in [0.2, 0.25) is 0 Å². The number of carbonyl (C=O) groups is 2. The molecule has 1 aromatic rings. The number of carboxylic acids is 1. The molecule has 1 fully saturated rings. The molecule has 20 heavy (non-hydrogen) atoms. The summed E-state index contributed by atoms with van der Waals surface area (Å²) in [4.78, 5) is 24.1. The number of aromatic carboxylic acids is 1. The lowest BCUT2D eigenvalue weighted by molar-refractivity contribution is -0.119. The van der Waals surface area contributed by atoms with Crippen molar-refractivity contribution in [2.75, 3.05) is 11.9 Å². The van der Waals surface area contributed by atoms with Gasteiger partial charge in [0.1, 0.15) is 5.00 Å². The number of thiophene rings is 1. The summed E-state index contributed by atoms with van der Waals surface area (Å²) < 4.78 is 5.52. The molecule has 1 saturated heterocycles. The normalized spacial score (nSPS) is 18.8. The molecule has 1 aliphatic heterocycles. The van der Waals surface area contributed by atoms with Gasteiger partial charge in [-0.15, -0.1) is 11.3 Å². The first-order valence-electron chi connectivity index (χ1n) is 6.87. The lowest BCUT2D eigenvalue weighted by atomic mass is 10.1. The molecule has 110 valence electrons. The molecule has 5 nitrogen and oxygen atoms in total. The molecular formula is C14H19NO4S. The zero-order valence-electron chi connectivity index (χ0n) is 11.5. The van der Waals surface area contributed by atoms with Gasteiger partial charge in [0.25, 0.3) is 0 Å². The lowest BCUT2D eigenvalue weighted by Gasteiger charge is -2.21. The number of amides is 1. The second-order valence-corrected chi connectivity index (χ2v) is 5.99. The minimum Gasteiger partial charge on any atom is -0.478 e. The van der Waals surface area contributed by atoms with Crippen LogP contribution in [-0.4, -0.2) is 29.7 Å². The van der Waals surface area contributed by atoms with Crippen molar-refractivity contribution in [3.05, 3.63) is 16.5 Å². The average molecular weight is 297 g/mol. The molecule has 6 heteroatoms. The van der Waals surface area contributed by atoms with Crippen molar-refractivity contribution < 1.29 is 19.4 Å². The Morgan fingerprint density at radius 1 is 1.50 bits per heavy atom. The number of rotatable bonds is 5. The molecule has 0 spiro atoms. The highest BCUT2D eigenvalue weighted by Crippen LogP contribution is 2.29. The Morgan fingerprint density at radius 3 is 2.90 bits per heavy atom. The van der Waals surface area contributed by atoms with E-state index in [1.807, 2.05) is 6.92 Å². The third-order valence-electron chi connectivity index (χ3n) is 3.30. The number of hydrogen-bond donors (Lipinski definition) is 2. The molecule has 0 bridgehead atoms. The number of nitrogens with one attached hydrogen (secondary N) is 1. The van der Waals surface area contributed by atoms with E-state index < -0.39 is 5.97 Å². The van der Waals surface area contributed by atoms with Crippen molar-refractivity contribution in [3.63, 3.8) is 0 Å². The molecule has 0 saturated carbocycles. The van der Waals surface area contributed by atoms with Crippen LogP contribution >= 0.6 is 11.3 Å². The second-order valence-electron chi connectivity index (χ2n) is 4.86. The van der Waals surface area contributed by atoms with E-state index in [4.69, 9.17) is 9.84 Å². The molecule has 2 heterocycles. The van der Waals surface area contributed by atoms with Crippen LogP contribution in [0, 0.1) is 0 Å². The van der Waals surface area contributed by atoms with E-state index in [0.29, 0.717) is 18.0 Å². The highest BCUT2D eigenvalue weighted by atomic mass is 32.1. The van der Waals surface area contributed by atoms with E-state index in [-0.39, 0.29) is 17.6 Å². The highest BCUT2D eigenvalue weighted by Gasteiger charge is 2.20. The fourth-order valence-electron chi connectivity index (χ4n) is 2.22. The SMILES string of the molecule is CCc1cc(C(=O)O)c(NC(=O)CC2CCCCO2)s1. The fourth-order valence-corrected chi connectivity index (χ4v) is 3.23. The first-order valence-corrected chi connectivity index (χ1v) is 7.69. The molecule has 0 radical (unpaired) electrons. The lowest BCUT2D eigenvalue weighted by Crippen LogP contribution is -2.25. The Labute approximate surface area is 121 Å². The maximum absolute atomic E-state index is 12.0. The topological polar surface area (TPSA) is 75.6 Å². The molecule has 2 rings (SSSR count). The Balaban J connectivity index is 1.99. The van der Waals surface area contributed by atoms with Crippen molar-refractivity contribution in [3.8, 4) is 0 Å². The van der Waals surface area contributed by atoms with E-state index >= 15 is 0 Å². The summed E-state index contributed by atoms with van der Waals surface area (Å²) in [5, 5.41) is 12.3. The smallest absolute Gasteiger partial charge is 0.338 e. The van der Waals surface area contributed by atoms with E-state index in [1.165, 1.54) is 11.3 Å². The zero-order valence-corrected chi connectivity index (χ0v) is 12.3. The Kier molecular flexibility index (Phi) is 5.14. The number of hydrogen-bond acceptors (Lipinski definition) is 4. The van der Waals surface area contributed by atoms with Crippen LogP contribution in [-0.2, 0) is 16.0 Å². The van der Waals surface area contributed by atoms with Gasteiger partial charge in [-0.25, -0.2) is 4.79 Å². The van der Waals surface area contributed by atoms with Gasteiger partial charge in [0, 0.05) is 11.5 Å². The molecule has 0 aliphatic carbocycles. The van der Waals surface area contributed by atoms with Crippen LogP contribution in [0.4, 0.5) is 5.00 Å². The van der Waals surface area contributed by atoms with Gasteiger partial charge >= 0.3 is 5.97 Å². The summed E-state index contributed by atoms with van der Waals surface area (Å²) in [5.74, 6) is -1.19. The van der Waals surface area contributed by atoms with Crippen LogP contribution in [0.1, 0.15) is 47.8 Å². The molecule has 1 atom stereocenters. The van der Waals surface area contributed by atoms with Gasteiger partial charge in [0.05, 0.1) is 18.1 Å². The summed E-state index contributed by atoms with van der Waals surface area (Å²) >= 11 is 1.32. The van der Waals surface area contributed by atoms with E-state index in [1.54, 1.807) is 6.07 Å². The van der Waals surface area contributed by atoms with Gasteiger partial charge in [-0.2, -0.15) is 0 Å². The van der Waals surface area contributed by atoms with Gasteiger partial charge in [0.15, 0.2) is 0 Å². The quantitative estimate of drug-likeness (QED) is 0.876. The number of aryl methyl sites for hydroxylation is 1. The van der Waals surface area contributed by atoms with Crippen LogP contribution in [0.3, 0.4) is 0 Å². The van der Waals surface area contributed by atoms with Crippen LogP contribution in [0.25, 0.3) is 0 Å². The van der Waals surface area contributed by atoms with Crippen LogP contribution in [0.15, 0.2) is 6.07 Å². The Morgan fingerprint density at radius 2 is 2.30 bits per heavy atom. The third kappa shape index (κ3) is 3.80. The van der Waals surface area contributed by atoms with Crippen molar-refractivity contribution in [2.45, 2.75) is 45.1 Å². The van der Waals surface area contributed by atoms with Crippen LogP contribution < -0.4 is 5.32 Å².